The molecule has 0 aliphatic rings. The van der Waals surface area contributed by atoms with Gasteiger partial charge in [-0.1, -0.05) is 30.3 Å². The van der Waals surface area contributed by atoms with Crippen molar-refractivity contribution in [2.24, 2.45) is 0 Å². The first-order valence-electron chi connectivity index (χ1n) is 7.67. The number of carboxylic acids is 1. The second kappa shape index (κ2) is 9.27. The maximum atomic E-state index is 12.0. The minimum Gasteiger partial charge on any atom is -0.481 e. The first-order chi connectivity index (χ1) is 10.9. The molecule has 1 aromatic rings. The molecule has 1 amide bonds. The second-order valence-electron chi connectivity index (χ2n) is 5.43. The van der Waals surface area contributed by atoms with Crippen LogP contribution in [0.2, 0.25) is 0 Å². The summed E-state index contributed by atoms with van der Waals surface area (Å²) in [5.41, 5.74) is -0.556. The third-order valence-electron chi connectivity index (χ3n) is 3.67. The molecular formula is C17H25NO5. The minimum absolute atomic E-state index is 0.00958. The lowest BCUT2D eigenvalue weighted by molar-refractivity contribution is -0.143. The molecule has 1 rings (SSSR count). The van der Waals surface area contributed by atoms with Crippen LogP contribution in [0.5, 0.6) is 0 Å². The van der Waals surface area contributed by atoms with E-state index in [-0.39, 0.29) is 12.5 Å². The number of hydrogen-bond acceptors (Lipinski definition) is 4. The van der Waals surface area contributed by atoms with Crippen LogP contribution in [0.25, 0.3) is 0 Å². The molecule has 1 aromatic carbocycles. The number of carbonyl (C=O) groups excluding carboxylic acids is 1. The monoisotopic (exact) mass is 323 g/mol. The van der Waals surface area contributed by atoms with E-state index >= 15 is 0 Å². The van der Waals surface area contributed by atoms with Crippen LogP contribution < -0.4 is 5.32 Å². The Kier molecular flexibility index (Phi) is 7.71. The minimum atomic E-state index is -1.19. The number of nitrogens with one attached hydrogen (secondary N) is 1. The molecule has 0 saturated heterocycles. The van der Waals surface area contributed by atoms with Gasteiger partial charge in [-0.05, 0) is 26.3 Å². The second-order valence-corrected chi connectivity index (χ2v) is 5.43. The van der Waals surface area contributed by atoms with Gasteiger partial charge in [0.15, 0.2) is 0 Å². The van der Waals surface area contributed by atoms with Crippen molar-refractivity contribution in [1.29, 1.82) is 0 Å². The van der Waals surface area contributed by atoms with Crippen molar-refractivity contribution >= 4 is 11.9 Å². The van der Waals surface area contributed by atoms with E-state index in [1.54, 1.807) is 38.1 Å². The van der Waals surface area contributed by atoms with Crippen LogP contribution in [-0.4, -0.2) is 49.5 Å². The fraction of sp³-hybridized carbons (Fsp3) is 0.529. The molecule has 2 unspecified atom stereocenters. The number of carboxylic acid groups (broad SMARTS) is 1. The summed E-state index contributed by atoms with van der Waals surface area (Å²) in [6.45, 7) is 6.42. The van der Waals surface area contributed by atoms with E-state index in [1.807, 2.05) is 13.0 Å². The van der Waals surface area contributed by atoms with Crippen molar-refractivity contribution in [2.75, 3.05) is 26.4 Å². The Balaban J connectivity index is 2.59. The maximum Gasteiger partial charge on any atom is 0.315 e. The third-order valence-corrected chi connectivity index (χ3v) is 3.67. The Hall–Kier alpha value is -1.92. The van der Waals surface area contributed by atoms with Crippen LogP contribution in [0.15, 0.2) is 30.3 Å². The largest absolute Gasteiger partial charge is 0.481 e. The fourth-order valence-electron chi connectivity index (χ4n) is 2.02. The first-order valence-corrected chi connectivity index (χ1v) is 7.67. The molecule has 0 aromatic heterocycles. The Morgan fingerprint density at radius 1 is 1.26 bits per heavy atom. The molecule has 0 heterocycles. The zero-order chi connectivity index (χ0) is 17.3. The van der Waals surface area contributed by atoms with Gasteiger partial charge in [-0.2, -0.15) is 0 Å². The van der Waals surface area contributed by atoms with Gasteiger partial charge in [0, 0.05) is 13.2 Å². The van der Waals surface area contributed by atoms with Gasteiger partial charge < -0.3 is 19.9 Å². The summed E-state index contributed by atoms with van der Waals surface area (Å²) >= 11 is 0. The number of ether oxygens (including phenoxy) is 2. The van der Waals surface area contributed by atoms with Crippen molar-refractivity contribution in [1.82, 2.24) is 5.32 Å². The van der Waals surface area contributed by atoms with E-state index in [9.17, 15) is 14.7 Å². The topological polar surface area (TPSA) is 84.9 Å². The molecule has 0 saturated carbocycles. The van der Waals surface area contributed by atoms with Gasteiger partial charge in [0.05, 0.1) is 13.2 Å². The predicted octanol–water partition coefficient (Wildman–Crippen LogP) is 1.59. The molecule has 0 radical (unpaired) electrons. The number of hydrogen-bond donors (Lipinski definition) is 2. The molecule has 6 heteroatoms. The van der Waals surface area contributed by atoms with Crippen molar-refractivity contribution in [3.63, 3.8) is 0 Å². The van der Waals surface area contributed by atoms with Crippen molar-refractivity contribution in [2.45, 2.75) is 32.3 Å². The number of benzene rings is 1. The summed E-state index contributed by atoms with van der Waals surface area (Å²) in [7, 11) is 0. The molecule has 0 aliphatic heterocycles. The summed E-state index contributed by atoms with van der Waals surface area (Å²) in [5, 5.41) is 12.2. The van der Waals surface area contributed by atoms with Crippen molar-refractivity contribution in [3.05, 3.63) is 35.9 Å². The van der Waals surface area contributed by atoms with Gasteiger partial charge in [-0.3, -0.25) is 9.59 Å². The molecule has 0 spiro atoms. The fourth-order valence-corrected chi connectivity index (χ4v) is 2.02. The van der Waals surface area contributed by atoms with Crippen LogP contribution in [0.1, 0.15) is 26.3 Å². The van der Waals surface area contributed by atoms with Gasteiger partial charge in [0.2, 0.25) is 5.91 Å². The predicted molar refractivity (Wildman–Crippen MR) is 86.3 cm³/mol. The molecular weight excluding hydrogens is 298 g/mol. The number of carbonyl (C=O) groups is 2. The molecule has 2 N–H and O–H groups in total. The average Bonchev–Trinajstić information content (AvgIpc) is 2.56. The highest BCUT2D eigenvalue weighted by Crippen LogP contribution is 2.23. The van der Waals surface area contributed by atoms with Gasteiger partial charge in [-0.25, -0.2) is 0 Å². The molecule has 128 valence electrons. The molecule has 0 aliphatic carbocycles. The smallest absolute Gasteiger partial charge is 0.315 e. The highest BCUT2D eigenvalue weighted by molar-refractivity contribution is 5.84. The van der Waals surface area contributed by atoms with E-state index in [1.165, 1.54) is 0 Å². The van der Waals surface area contributed by atoms with E-state index in [4.69, 9.17) is 9.47 Å². The molecule has 2 atom stereocenters. The Labute approximate surface area is 136 Å². The Bertz CT molecular complexity index is 505. The quantitative estimate of drug-likeness (QED) is 0.639. The first kappa shape index (κ1) is 19.1. The van der Waals surface area contributed by atoms with Gasteiger partial charge >= 0.3 is 5.97 Å². The standard InChI is InChI=1S/C17H25NO5/c1-4-22-10-11-23-13(2)15(19)18-12-17(3,16(20)21)14-8-6-5-7-9-14/h5-9,13H,4,10-12H2,1-3H3,(H,18,19)(H,20,21). The van der Waals surface area contributed by atoms with E-state index in [0.29, 0.717) is 25.4 Å². The number of aliphatic carboxylic acids is 1. The summed E-state index contributed by atoms with van der Waals surface area (Å²) < 4.78 is 10.5. The molecule has 23 heavy (non-hydrogen) atoms. The van der Waals surface area contributed by atoms with E-state index < -0.39 is 17.5 Å². The molecule has 6 nitrogen and oxygen atoms in total. The Morgan fingerprint density at radius 3 is 2.48 bits per heavy atom. The average molecular weight is 323 g/mol. The zero-order valence-corrected chi connectivity index (χ0v) is 13.9. The number of rotatable bonds is 10. The summed E-state index contributed by atoms with van der Waals surface area (Å²) in [4.78, 5) is 23.7. The van der Waals surface area contributed by atoms with Crippen LogP contribution >= 0.6 is 0 Å². The third kappa shape index (κ3) is 5.65. The van der Waals surface area contributed by atoms with Crippen LogP contribution in [-0.2, 0) is 24.5 Å². The lowest BCUT2D eigenvalue weighted by atomic mass is 9.82. The van der Waals surface area contributed by atoms with E-state index in [0.717, 1.165) is 0 Å². The normalized spacial score (nSPS) is 14.7. The zero-order valence-electron chi connectivity index (χ0n) is 13.9. The maximum absolute atomic E-state index is 12.0. The van der Waals surface area contributed by atoms with Crippen molar-refractivity contribution < 1.29 is 24.2 Å². The van der Waals surface area contributed by atoms with Crippen molar-refractivity contribution in [3.8, 4) is 0 Å². The lowest BCUT2D eigenvalue weighted by Gasteiger charge is -2.26. The summed E-state index contributed by atoms with van der Waals surface area (Å²) in [6, 6.07) is 8.85. The Morgan fingerprint density at radius 2 is 1.91 bits per heavy atom. The lowest BCUT2D eigenvalue weighted by Crippen LogP contribution is -2.47. The summed E-state index contributed by atoms with van der Waals surface area (Å²) in [6.07, 6.45) is -0.663. The van der Waals surface area contributed by atoms with Gasteiger partial charge in [0.1, 0.15) is 11.5 Å². The SMILES string of the molecule is CCOCCOC(C)C(=O)NCC(C)(C(=O)O)c1ccccc1. The molecule has 0 bridgehead atoms. The van der Waals surface area contributed by atoms with Crippen LogP contribution in [0, 0.1) is 0 Å². The van der Waals surface area contributed by atoms with E-state index in [2.05, 4.69) is 5.32 Å². The van der Waals surface area contributed by atoms with Crippen LogP contribution in [0.3, 0.4) is 0 Å². The highest BCUT2D eigenvalue weighted by Gasteiger charge is 2.35. The molecule has 0 fully saturated rings. The highest BCUT2D eigenvalue weighted by atomic mass is 16.5. The number of amides is 1. The van der Waals surface area contributed by atoms with Gasteiger partial charge in [-0.15, -0.1) is 0 Å². The summed E-state index contributed by atoms with van der Waals surface area (Å²) in [5.74, 6) is -1.33. The van der Waals surface area contributed by atoms with Gasteiger partial charge in [0.25, 0.3) is 0 Å². The van der Waals surface area contributed by atoms with Crippen LogP contribution in [0.4, 0.5) is 0 Å².